The fourth-order valence-corrected chi connectivity index (χ4v) is 1.74. The second kappa shape index (κ2) is 3.46. The smallest absolute Gasteiger partial charge is 0.128 e. The summed E-state index contributed by atoms with van der Waals surface area (Å²) in [6.07, 6.45) is 6.77. The van der Waals surface area contributed by atoms with Crippen LogP contribution < -0.4 is 10.5 Å². The van der Waals surface area contributed by atoms with Crippen LogP contribution in [-0.2, 0) is 0 Å². The summed E-state index contributed by atoms with van der Waals surface area (Å²) >= 11 is 0. The number of nitrogens with two attached hydrogens (primary N) is 1. The van der Waals surface area contributed by atoms with E-state index in [9.17, 15) is 0 Å². The molecule has 0 amide bonds. The monoisotopic (exact) mass is 201 g/mol. The average molecular weight is 201 g/mol. The number of fused-ring (bicyclic) bond motifs is 1. The molecule has 1 atom stereocenters. The van der Waals surface area contributed by atoms with Crippen LogP contribution in [0.25, 0.3) is 6.08 Å². The molecular formula is C13H15NO. The summed E-state index contributed by atoms with van der Waals surface area (Å²) in [5, 5.41) is 0. The van der Waals surface area contributed by atoms with E-state index in [0.29, 0.717) is 0 Å². The van der Waals surface area contributed by atoms with Crippen LogP contribution in [0.15, 0.2) is 36.9 Å². The maximum absolute atomic E-state index is 5.90. The van der Waals surface area contributed by atoms with Gasteiger partial charge in [0.05, 0.1) is 0 Å². The van der Waals surface area contributed by atoms with Gasteiger partial charge in [0.15, 0.2) is 0 Å². The summed E-state index contributed by atoms with van der Waals surface area (Å²) in [5.41, 5.74) is 7.23. The van der Waals surface area contributed by atoms with Crippen molar-refractivity contribution < 1.29 is 4.74 Å². The van der Waals surface area contributed by atoms with Crippen LogP contribution in [0, 0.1) is 0 Å². The summed E-state index contributed by atoms with van der Waals surface area (Å²) in [6.45, 7) is 5.78. The van der Waals surface area contributed by atoms with Gasteiger partial charge < -0.3 is 10.5 Å². The Labute approximate surface area is 90.1 Å². The largest absolute Gasteiger partial charge is 0.483 e. The zero-order valence-electron chi connectivity index (χ0n) is 8.86. The lowest BCUT2D eigenvalue weighted by Gasteiger charge is -2.30. The van der Waals surface area contributed by atoms with E-state index in [0.717, 1.165) is 23.4 Å². The van der Waals surface area contributed by atoms with Crippen LogP contribution in [-0.4, -0.2) is 5.60 Å². The van der Waals surface area contributed by atoms with E-state index in [-0.39, 0.29) is 5.60 Å². The molecule has 1 heterocycles. The van der Waals surface area contributed by atoms with Crippen LogP contribution in [0.1, 0.15) is 18.9 Å². The molecule has 0 aromatic heterocycles. The van der Waals surface area contributed by atoms with Crippen molar-refractivity contribution in [2.24, 2.45) is 0 Å². The van der Waals surface area contributed by atoms with Crippen molar-refractivity contribution in [1.82, 2.24) is 0 Å². The predicted molar refractivity (Wildman–Crippen MR) is 63.7 cm³/mol. The molecule has 0 fully saturated rings. The molecule has 1 aliphatic heterocycles. The van der Waals surface area contributed by atoms with Gasteiger partial charge in [-0.2, -0.15) is 0 Å². The average Bonchev–Trinajstić information content (AvgIpc) is 2.19. The van der Waals surface area contributed by atoms with Crippen LogP contribution in [0.3, 0.4) is 0 Å². The van der Waals surface area contributed by atoms with Crippen LogP contribution in [0.4, 0.5) is 5.69 Å². The second-order valence-electron chi connectivity index (χ2n) is 4.04. The van der Waals surface area contributed by atoms with Gasteiger partial charge >= 0.3 is 0 Å². The SMILES string of the molecule is C=CCC1(C)C=Cc2cc(N)ccc2O1. The molecule has 1 aromatic rings. The van der Waals surface area contributed by atoms with Crippen molar-refractivity contribution in [2.75, 3.05) is 5.73 Å². The molecule has 1 unspecified atom stereocenters. The molecule has 0 saturated heterocycles. The van der Waals surface area contributed by atoms with Gasteiger partial charge in [0.2, 0.25) is 0 Å². The number of hydrogen-bond donors (Lipinski definition) is 1. The molecule has 1 aromatic carbocycles. The third kappa shape index (κ3) is 1.89. The molecule has 0 radical (unpaired) electrons. The van der Waals surface area contributed by atoms with E-state index in [2.05, 4.69) is 18.7 Å². The molecule has 2 heteroatoms. The summed E-state index contributed by atoms with van der Waals surface area (Å²) in [6, 6.07) is 5.68. The molecule has 2 rings (SSSR count). The summed E-state index contributed by atoms with van der Waals surface area (Å²) < 4.78 is 5.90. The van der Waals surface area contributed by atoms with Gasteiger partial charge in [0.1, 0.15) is 11.4 Å². The zero-order chi connectivity index (χ0) is 10.9. The predicted octanol–water partition coefficient (Wildman–Crippen LogP) is 3.01. The summed E-state index contributed by atoms with van der Waals surface area (Å²) in [5.74, 6) is 0.885. The van der Waals surface area contributed by atoms with Gasteiger partial charge in [-0.25, -0.2) is 0 Å². The van der Waals surface area contributed by atoms with Crippen molar-refractivity contribution in [2.45, 2.75) is 18.9 Å². The molecule has 2 nitrogen and oxygen atoms in total. The Hall–Kier alpha value is -1.70. The normalized spacial score (nSPS) is 23.0. The Balaban J connectivity index is 2.35. The Bertz CT molecular complexity index is 423. The van der Waals surface area contributed by atoms with Gasteiger partial charge in [-0.3, -0.25) is 0 Å². The first-order valence-electron chi connectivity index (χ1n) is 5.02. The number of anilines is 1. The maximum atomic E-state index is 5.90. The number of hydrogen-bond acceptors (Lipinski definition) is 2. The maximum Gasteiger partial charge on any atom is 0.128 e. The van der Waals surface area contributed by atoms with E-state index in [1.807, 2.05) is 31.2 Å². The van der Waals surface area contributed by atoms with Gasteiger partial charge in [-0.05, 0) is 31.2 Å². The Morgan fingerprint density at radius 3 is 3.07 bits per heavy atom. The highest BCUT2D eigenvalue weighted by Gasteiger charge is 2.25. The van der Waals surface area contributed by atoms with Crippen molar-refractivity contribution in [1.29, 1.82) is 0 Å². The van der Waals surface area contributed by atoms with Crippen molar-refractivity contribution in [3.63, 3.8) is 0 Å². The third-order valence-electron chi connectivity index (χ3n) is 2.54. The van der Waals surface area contributed by atoms with E-state index in [1.165, 1.54) is 0 Å². The Morgan fingerprint density at radius 2 is 2.33 bits per heavy atom. The summed E-state index contributed by atoms with van der Waals surface area (Å²) in [7, 11) is 0. The van der Waals surface area contributed by atoms with Crippen molar-refractivity contribution in [3.05, 3.63) is 42.5 Å². The van der Waals surface area contributed by atoms with Crippen LogP contribution in [0.2, 0.25) is 0 Å². The number of ether oxygens (including phenoxy) is 1. The molecular weight excluding hydrogens is 186 g/mol. The molecule has 0 spiro atoms. The lowest BCUT2D eigenvalue weighted by atomic mass is 9.97. The number of rotatable bonds is 2. The minimum absolute atomic E-state index is 0.273. The van der Waals surface area contributed by atoms with Gasteiger partial charge in [-0.15, -0.1) is 6.58 Å². The standard InChI is InChI=1S/C13H15NO/c1-3-7-13(2)8-6-10-9-11(14)4-5-12(10)15-13/h3-6,8-9H,1,7,14H2,2H3. The van der Waals surface area contributed by atoms with E-state index >= 15 is 0 Å². The van der Waals surface area contributed by atoms with Gasteiger partial charge in [0.25, 0.3) is 0 Å². The minimum atomic E-state index is -0.273. The molecule has 15 heavy (non-hydrogen) atoms. The van der Waals surface area contributed by atoms with Gasteiger partial charge in [-0.1, -0.05) is 12.2 Å². The highest BCUT2D eigenvalue weighted by molar-refractivity contribution is 5.65. The third-order valence-corrected chi connectivity index (χ3v) is 2.54. The topological polar surface area (TPSA) is 35.2 Å². The van der Waals surface area contributed by atoms with E-state index in [1.54, 1.807) is 0 Å². The van der Waals surface area contributed by atoms with Crippen LogP contribution >= 0.6 is 0 Å². The first-order valence-corrected chi connectivity index (χ1v) is 5.02. The highest BCUT2D eigenvalue weighted by atomic mass is 16.5. The van der Waals surface area contributed by atoms with E-state index < -0.39 is 0 Å². The number of benzene rings is 1. The second-order valence-corrected chi connectivity index (χ2v) is 4.04. The molecule has 1 aliphatic rings. The molecule has 0 aliphatic carbocycles. The Morgan fingerprint density at radius 1 is 1.53 bits per heavy atom. The summed E-state index contributed by atoms with van der Waals surface area (Å²) in [4.78, 5) is 0. The van der Waals surface area contributed by atoms with Crippen molar-refractivity contribution in [3.8, 4) is 5.75 Å². The molecule has 0 bridgehead atoms. The number of nitrogen functional groups attached to an aromatic ring is 1. The Kier molecular flexibility index (Phi) is 2.27. The quantitative estimate of drug-likeness (QED) is 0.589. The first kappa shape index (κ1) is 9.84. The lowest BCUT2D eigenvalue weighted by Crippen LogP contribution is -2.31. The molecule has 78 valence electrons. The highest BCUT2D eigenvalue weighted by Crippen LogP contribution is 2.33. The zero-order valence-corrected chi connectivity index (χ0v) is 8.86. The first-order chi connectivity index (χ1) is 7.13. The van der Waals surface area contributed by atoms with Crippen LogP contribution in [0.5, 0.6) is 5.75 Å². The molecule has 2 N–H and O–H groups in total. The fourth-order valence-electron chi connectivity index (χ4n) is 1.74. The van der Waals surface area contributed by atoms with Crippen molar-refractivity contribution >= 4 is 11.8 Å². The minimum Gasteiger partial charge on any atom is -0.483 e. The molecule has 0 saturated carbocycles. The fraction of sp³-hybridized carbons (Fsp3) is 0.231. The van der Waals surface area contributed by atoms with E-state index in [4.69, 9.17) is 10.5 Å². The van der Waals surface area contributed by atoms with Gasteiger partial charge in [0, 0.05) is 17.7 Å². The lowest BCUT2D eigenvalue weighted by molar-refractivity contribution is 0.141.